The highest BCUT2D eigenvalue weighted by atomic mass is 32.1. The fraction of sp³-hybridized carbons (Fsp3) is 0.200. The number of anilines is 1. The number of rotatable bonds is 5. The lowest BCUT2D eigenvalue weighted by Crippen LogP contribution is -2.21. The summed E-state index contributed by atoms with van der Waals surface area (Å²) in [5, 5.41) is 5.79. The Hall–Kier alpha value is -3.58. The summed E-state index contributed by atoms with van der Waals surface area (Å²) in [7, 11) is 0. The molecule has 0 atom stereocenters. The molecule has 0 aliphatic heterocycles. The number of amides is 1. The molecule has 0 fully saturated rings. The maximum Gasteiger partial charge on any atom is 0.339 e. The summed E-state index contributed by atoms with van der Waals surface area (Å²) < 4.78 is 5.27. The van der Waals surface area contributed by atoms with Crippen molar-refractivity contribution >= 4 is 39.2 Å². The van der Waals surface area contributed by atoms with Crippen molar-refractivity contribution in [1.29, 1.82) is 0 Å². The number of carbonyl (C=O) groups is 2. The van der Waals surface area contributed by atoms with Crippen LogP contribution in [0.3, 0.4) is 0 Å². The van der Waals surface area contributed by atoms with E-state index in [-0.39, 0.29) is 0 Å². The summed E-state index contributed by atoms with van der Waals surface area (Å²) in [4.78, 5) is 34.0. The molecular formula is C25H23N3O3S. The number of hydrogen-bond donors (Lipinski definition) is 1. The fourth-order valence-corrected chi connectivity index (χ4v) is 4.59. The summed E-state index contributed by atoms with van der Waals surface area (Å²) in [5.74, 6) is -1.00. The minimum atomic E-state index is -0.562. The molecule has 32 heavy (non-hydrogen) atoms. The molecule has 0 radical (unpaired) electrons. The standard InChI is InChI=1S/C25H23N3O3S/c1-14-9-15(2)23(16(3)10-14)21-13-32-25(27-21)28-22(29)12-31-24(30)19-11-17(4)26-20-8-6-5-7-18(19)20/h5-11,13H,12H2,1-4H3,(H,27,28,29). The number of benzene rings is 2. The average molecular weight is 446 g/mol. The first-order valence-electron chi connectivity index (χ1n) is 10.2. The number of aromatic nitrogens is 2. The molecule has 2 aromatic heterocycles. The van der Waals surface area contributed by atoms with Gasteiger partial charge in [0.2, 0.25) is 0 Å². The van der Waals surface area contributed by atoms with Crippen molar-refractivity contribution in [2.45, 2.75) is 27.7 Å². The van der Waals surface area contributed by atoms with Crippen molar-refractivity contribution in [3.05, 3.63) is 75.8 Å². The zero-order valence-corrected chi connectivity index (χ0v) is 19.2. The zero-order valence-electron chi connectivity index (χ0n) is 18.4. The van der Waals surface area contributed by atoms with Crippen LogP contribution in [0.25, 0.3) is 22.2 Å². The molecule has 2 heterocycles. The number of nitrogens with zero attached hydrogens (tertiary/aromatic N) is 2. The Kier molecular flexibility index (Phi) is 6.01. The molecule has 0 unspecified atom stereocenters. The SMILES string of the molecule is Cc1cc(C)c(-c2csc(NC(=O)COC(=O)c3cc(C)nc4ccccc34)n2)c(C)c1. The molecule has 1 N–H and O–H groups in total. The van der Waals surface area contributed by atoms with Gasteiger partial charge in [-0.2, -0.15) is 0 Å². The number of hydrogen-bond acceptors (Lipinski definition) is 6. The topological polar surface area (TPSA) is 81.2 Å². The van der Waals surface area contributed by atoms with Crippen molar-refractivity contribution in [2.75, 3.05) is 11.9 Å². The smallest absolute Gasteiger partial charge is 0.339 e. The van der Waals surface area contributed by atoms with E-state index in [1.54, 1.807) is 6.07 Å². The molecule has 4 aromatic rings. The van der Waals surface area contributed by atoms with Gasteiger partial charge in [-0.1, -0.05) is 35.9 Å². The predicted octanol–water partition coefficient (Wildman–Crippen LogP) is 5.39. The van der Waals surface area contributed by atoms with Crippen molar-refractivity contribution in [3.63, 3.8) is 0 Å². The molecule has 0 spiro atoms. The van der Waals surface area contributed by atoms with Gasteiger partial charge in [0.1, 0.15) is 0 Å². The summed E-state index contributed by atoms with van der Waals surface area (Å²) in [5.41, 5.74) is 7.17. The molecule has 4 rings (SSSR count). The van der Waals surface area contributed by atoms with Crippen LogP contribution >= 0.6 is 11.3 Å². The first-order valence-corrected chi connectivity index (χ1v) is 11.1. The minimum Gasteiger partial charge on any atom is -0.452 e. The van der Waals surface area contributed by atoms with Gasteiger partial charge in [0, 0.05) is 22.0 Å². The van der Waals surface area contributed by atoms with Crippen LogP contribution in [-0.4, -0.2) is 28.5 Å². The highest BCUT2D eigenvalue weighted by molar-refractivity contribution is 7.14. The monoisotopic (exact) mass is 445 g/mol. The minimum absolute atomic E-state index is 0.391. The van der Waals surface area contributed by atoms with Crippen molar-refractivity contribution in [2.24, 2.45) is 0 Å². The fourth-order valence-electron chi connectivity index (χ4n) is 3.87. The predicted molar refractivity (Wildman–Crippen MR) is 127 cm³/mol. The number of para-hydroxylation sites is 1. The quantitative estimate of drug-likeness (QED) is 0.417. The van der Waals surface area contributed by atoms with Gasteiger partial charge >= 0.3 is 5.97 Å². The molecule has 7 heteroatoms. The number of carbonyl (C=O) groups excluding carboxylic acids is 2. The molecule has 0 aliphatic carbocycles. The molecular weight excluding hydrogens is 422 g/mol. The third-order valence-corrected chi connectivity index (χ3v) is 5.84. The van der Waals surface area contributed by atoms with Crippen LogP contribution in [0.4, 0.5) is 5.13 Å². The first kappa shape index (κ1) is 21.6. The Balaban J connectivity index is 1.43. The third kappa shape index (κ3) is 4.53. The van der Waals surface area contributed by atoms with Crippen molar-refractivity contribution in [1.82, 2.24) is 9.97 Å². The second-order valence-electron chi connectivity index (χ2n) is 7.76. The van der Waals surface area contributed by atoms with Crippen LogP contribution in [0.15, 0.2) is 47.8 Å². The maximum absolute atomic E-state index is 12.6. The van der Waals surface area contributed by atoms with Gasteiger partial charge in [0.25, 0.3) is 5.91 Å². The van der Waals surface area contributed by atoms with E-state index in [1.165, 1.54) is 16.9 Å². The Labute approximate surface area is 190 Å². The van der Waals surface area contributed by atoms with Crippen LogP contribution in [0.5, 0.6) is 0 Å². The number of nitrogens with one attached hydrogen (secondary N) is 1. The Morgan fingerprint density at radius 1 is 1.00 bits per heavy atom. The lowest BCUT2D eigenvalue weighted by molar-refractivity contribution is -0.119. The highest BCUT2D eigenvalue weighted by Crippen LogP contribution is 2.31. The maximum atomic E-state index is 12.6. The van der Waals surface area contributed by atoms with Gasteiger partial charge in [0.05, 0.1) is 16.8 Å². The van der Waals surface area contributed by atoms with Crippen LogP contribution in [0, 0.1) is 27.7 Å². The number of pyridine rings is 1. The first-order chi connectivity index (χ1) is 15.3. The molecule has 0 saturated carbocycles. The number of thiazole rings is 1. The molecule has 1 amide bonds. The van der Waals surface area contributed by atoms with Gasteiger partial charge in [0.15, 0.2) is 11.7 Å². The molecule has 2 aromatic carbocycles. The second-order valence-corrected chi connectivity index (χ2v) is 8.62. The van der Waals surface area contributed by atoms with Crippen LogP contribution in [0.2, 0.25) is 0 Å². The Morgan fingerprint density at radius 3 is 2.47 bits per heavy atom. The van der Waals surface area contributed by atoms with Crippen molar-refractivity contribution < 1.29 is 14.3 Å². The third-order valence-electron chi connectivity index (χ3n) is 5.08. The van der Waals surface area contributed by atoms with E-state index in [1.807, 2.05) is 36.6 Å². The van der Waals surface area contributed by atoms with Gasteiger partial charge in [-0.15, -0.1) is 11.3 Å². The zero-order chi connectivity index (χ0) is 22.8. The molecule has 6 nitrogen and oxygen atoms in total. The second kappa shape index (κ2) is 8.88. The van der Waals surface area contributed by atoms with Gasteiger partial charge in [-0.3, -0.25) is 15.1 Å². The molecule has 0 bridgehead atoms. The van der Waals surface area contributed by atoms with E-state index >= 15 is 0 Å². The van der Waals surface area contributed by atoms with Gasteiger partial charge in [-0.05, 0) is 51.0 Å². The van der Waals surface area contributed by atoms with E-state index < -0.39 is 18.5 Å². The molecule has 0 aliphatic rings. The van der Waals surface area contributed by atoms with Gasteiger partial charge in [-0.25, -0.2) is 9.78 Å². The largest absolute Gasteiger partial charge is 0.452 e. The normalized spacial score (nSPS) is 10.9. The van der Waals surface area contributed by atoms with Crippen molar-refractivity contribution in [3.8, 4) is 11.3 Å². The summed E-state index contributed by atoms with van der Waals surface area (Å²) >= 11 is 1.34. The van der Waals surface area contributed by atoms with E-state index in [2.05, 4.69) is 48.2 Å². The van der Waals surface area contributed by atoms with E-state index in [9.17, 15) is 9.59 Å². The summed E-state index contributed by atoms with van der Waals surface area (Å²) in [6, 6.07) is 13.2. The van der Waals surface area contributed by atoms with E-state index in [4.69, 9.17) is 4.74 Å². The molecule has 0 saturated heterocycles. The number of esters is 1. The lowest BCUT2D eigenvalue weighted by atomic mass is 9.98. The number of ether oxygens (including phenoxy) is 1. The lowest BCUT2D eigenvalue weighted by Gasteiger charge is -2.09. The van der Waals surface area contributed by atoms with Gasteiger partial charge < -0.3 is 4.74 Å². The average Bonchev–Trinajstić information content (AvgIpc) is 3.18. The highest BCUT2D eigenvalue weighted by Gasteiger charge is 2.16. The number of fused-ring (bicyclic) bond motifs is 1. The summed E-state index contributed by atoms with van der Waals surface area (Å²) in [6.07, 6.45) is 0. The van der Waals surface area contributed by atoms with E-state index in [0.717, 1.165) is 22.4 Å². The van der Waals surface area contributed by atoms with Crippen LogP contribution in [-0.2, 0) is 9.53 Å². The summed E-state index contributed by atoms with van der Waals surface area (Å²) in [6.45, 7) is 7.58. The van der Waals surface area contributed by atoms with Crippen LogP contribution < -0.4 is 5.32 Å². The van der Waals surface area contributed by atoms with E-state index in [0.29, 0.717) is 27.3 Å². The Morgan fingerprint density at radius 2 is 1.72 bits per heavy atom. The molecule has 162 valence electrons. The number of aryl methyl sites for hydroxylation is 4. The Bertz CT molecular complexity index is 1320. The van der Waals surface area contributed by atoms with Crippen LogP contribution in [0.1, 0.15) is 32.7 Å².